The number of rotatable bonds is 8. The standard InChI is InChI=1S/C15H31NO/c1-5-11-16-14(9-6-8-13(2)3)15(4)10-7-12-17-15/h13-14,16H,5-12H2,1-4H3. The highest BCUT2D eigenvalue weighted by Gasteiger charge is 2.37. The lowest BCUT2D eigenvalue weighted by molar-refractivity contribution is -0.0145. The summed E-state index contributed by atoms with van der Waals surface area (Å²) >= 11 is 0. The Hall–Kier alpha value is -0.0800. The molecule has 0 aromatic rings. The fourth-order valence-electron chi connectivity index (χ4n) is 2.75. The number of nitrogens with one attached hydrogen (secondary N) is 1. The molecule has 2 nitrogen and oxygen atoms in total. The van der Waals surface area contributed by atoms with Crippen molar-refractivity contribution in [3.8, 4) is 0 Å². The van der Waals surface area contributed by atoms with Gasteiger partial charge in [0, 0.05) is 12.6 Å². The molecule has 1 aliphatic rings. The Bertz CT molecular complexity index is 197. The molecular weight excluding hydrogens is 210 g/mol. The van der Waals surface area contributed by atoms with Crippen LogP contribution in [0.2, 0.25) is 0 Å². The maximum atomic E-state index is 5.99. The van der Waals surface area contributed by atoms with Crippen LogP contribution in [0.5, 0.6) is 0 Å². The van der Waals surface area contributed by atoms with Gasteiger partial charge in [0.25, 0.3) is 0 Å². The van der Waals surface area contributed by atoms with Gasteiger partial charge in [-0.2, -0.15) is 0 Å². The van der Waals surface area contributed by atoms with Crippen molar-refractivity contribution in [2.45, 2.75) is 77.9 Å². The monoisotopic (exact) mass is 241 g/mol. The van der Waals surface area contributed by atoms with Gasteiger partial charge in [-0.05, 0) is 45.1 Å². The van der Waals surface area contributed by atoms with Gasteiger partial charge >= 0.3 is 0 Å². The molecule has 1 rings (SSSR count). The minimum atomic E-state index is 0.0894. The Labute approximate surface area is 108 Å². The van der Waals surface area contributed by atoms with E-state index in [4.69, 9.17) is 4.74 Å². The molecule has 1 fully saturated rings. The van der Waals surface area contributed by atoms with Crippen LogP contribution >= 0.6 is 0 Å². The van der Waals surface area contributed by atoms with Crippen molar-refractivity contribution < 1.29 is 4.74 Å². The maximum absolute atomic E-state index is 5.99. The first-order valence-electron chi connectivity index (χ1n) is 7.46. The molecule has 2 atom stereocenters. The summed E-state index contributed by atoms with van der Waals surface area (Å²) in [5.41, 5.74) is 0.0894. The van der Waals surface area contributed by atoms with E-state index in [-0.39, 0.29) is 5.60 Å². The van der Waals surface area contributed by atoms with Crippen molar-refractivity contribution in [1.82, 2.24) is 5.32 Å². The predicted octanol–water partition coefficient (Wildman–Crippen LogP) is 3.75. The molecule has 0 bridgehead atoms. The van der Waals surface area contributed by atoms with Crippen molar-refractivity contribution in [3.05, 3.63) is 0 Å². The van der Waals surface area contributed by atoms with Gasteiger partial charge in [0.05, 0.1) is 5.60 Å². The van der Waals surface area contributed by atoms with Gasteiger partial charge in [-0.3, -0.25) is 0 Å². The molecule has 0 aromatic carbocycles. The molecule has 1 aliphatic heterocycles. The number of hydrogen-bond acceptors (Lipinski definition) is 2. The molecular formula is C15H31NO. The zero-order chi connectivity index (χ0) is 12.7. The quantitative estimate of drug-likeness (QED) is 0.699. The average molecular weight is 241 g/mol. The molecule has 1 saturated heterocycles. The fraction of sp³-hybridized carbons (Fsp3) is 1.00. The molecule has 0 spiro atoms. The van der Waals surface area contributed by atoms with Crippen molar-refractivity contribution in [2.24, 2.45) is 5.92 Å². The van der Waals surface area contributed by atoms with Crippen molar-refractivity contribution in [2.75, 3.05) is 13.2 Å². The highest BCUT2D eigenvalue weighted by molar-refractivity contribution is 4.92. The first-order valence-corrected chi connectivity index (χ1v) is 7.46. The Morgan fingerprint density at radius 3 is 2.59 bits per heavy atom. The fourth-order valence-corrected chi connectivity index (χ4v) is 2.75. The summed E-state index contributed by atoms with van der Waals surface area (Å²) in [5.74, 6) is 0.819. The van der Waals surface area contributed by atoms with E-state index in [1.54, 1.807) is 0 Å². The first-order chi connectivity index (χ1) is 8.08. The van der Waals surface area contributed by atoms with Gasteiger partial charge in [-0.25, -0.2) is 0 Å². The number of hydrogen-bond donors (Lipinski definition) is 1. The summed E-state index contributed by atoms with van der Waals surface area (Å²) in [6, 6.07) is 0.545. The summed E-state index contributed by atoms with van der Waals surface area (Å²) in [5, 5.41) is 3.70. The van der Waals surface area contributed by atoms with Crippen LogP contribution in [0.3, 0.4) is 0 Å². The minimum Gasteiger partial charge on any atom is -0.374 e. The van der Waals surface area contributed by atoms with Crippen LogP contribution in [0.25, 0.3) is 0 Å². The third kappa shape index (κ3) is 4.97. The maximum Gasteiger partial charge on any atom is 0.0807 e. The first kappa shape index (κ1) is 15.0. The molecule has 1 heterocycles. The molecule has 2 heteroatoms. The SMILES string of the molecule is CCCNC(CCCC(C)C)C1(C)CCCO1. The van der Waals surface area contributed by atoms with E-state index < -0.39 is 0 Å². The van der Waals surface area contributed by atoms with Gasteiger partial charge in [0.2, 0.25) is 0 Å². The van der Waals surface area contributed by atoms with Gasteiger partial charge < -0.3 is 10.1 Å². The lowest BCUT2D eigenvalue weighted by atomic mass is 9.88. The van der Waals surface area contributed by atoms with Crippen LogP contribution in [0, 0.1) is 5.92 Å². The van der Waals surface area contributed by atoms with E-state index in [2.05, 4.69) is 33.0 Å². The second-order valence-corrected chi connectivity index (χ2v) is 6.10. The lowest BCUT2D eigenvalue weighted by Gasteiger charge is -2.34. The van der Waals surface area contributed by atoms with Crippen LogP contribution in [0.15, 0.2) is 0 Å². The molecule has 0 saturated carbocycles. The van der Waals surface area contributed by atoms with Crippen LogP contribution in [0.1, 0.15) is 66.2 Å². The van der Waals surface area contributed by atoms with Crippen molar-refractivity contribution >= 4 is 0 Å². The van der Waals surface area contributed by atoms with Gasteiger partial charge in [-0.1, -0.05) is 33.6 Å². The van der Waals surface area contributed by atoms with Crippen LogP contribution in [0.4, 0.5) is 0 Å². The Morgan fingerprint density at radius 2 is 2.06 bits per heavy atom. The normalized spacial score (nSPS) is 26.6. The summed E-state index contributed by atoms with van der Waals surface area (Å²) in [4.78, 5) is 0. The number of ether oxygens (including phenoxy) is 1. The van der Waals surface area contributed by atoms with Crippen LogP contribution in [-0.4, -0.2) is 24.8 Å². The topological polar surface area (TPSA) is 21.3 Å². The van der Waals surface area contributed by atoms with Crippen LogP contribution in [-0.2, 0) is 4.74 Å². The molecule has 1 N–H and O–H groups in total. The second kappa shape index (κ2) is 7.38. The smallest absolute Gasteiger partial charge is 0.0807 e. The highest BCUT2D eigenvalue weighted by Crippen LogP contribution is 2.31. The molecule has 17 heavy (non-hydrogen) atoms. The molecule has 0 radical (unpaired) electrons. The molecule has 102 valence electrons. The minimum absolute atomic E-state index is 0.0894. The van der Waals surface area contributed by atoms with Gasteiger partial charge in [-0.15, -0.1) is 0 Å². The van der Waals surface area contributed by atoms with Crippen LogP contribution < -0.4 is 5.32 Å². The Kier molecular flexibility index (Phi) is 6.50. The Morgan fingerprint density at radius 1 is 1.29 bits per heavy atom. The second-order valence-electron chi connectivity index (χ2n) is 6.10. The predicted molar refractivity (Wildman–Crippen MR) is 74.4 cm³/mol. The van der Waals surface area contributed by atoms with Gasteiger partial charge in [0.1, 0.15) is 0 Å². The van der Waals surface area contributed by atoms with E-state index in [1.807, 2.05) is 0 Å². The van der Waals surface area contributed by atoms with E-state index in [0.717, 1.165) is 19.1 Å². The average Bonchev–Trinajstić information content (AvgIpc) is 2.70. The molecule has 0 aliphatic carbocycles. The summed E-state index contributed by atoms with van der Waals surface area (Å²) < 4.78 is 5.99. The molecule has 2 unspecified atom stereocenters. The summed E-state index contributed by atoms with van der Waals surface area (Å²) in [6.07, 6.45) is 7.56. The van der Waals surface area contributed by atoms with Crippen molar-refractivity contribution in [3.63, 3.8) is 0 Å². The van der Waals surface area contributed by atoms with Crippen molar-refractivity contribution in [1.29, 1.82) is 0 Å². The van der Waals surface area contributed by atoms with E-state index >= 15 is 0 Å². The third-order valence-corrected chi connectivity index (χ3v) is 3.90. The zero-order valence-electron chi connectivity index (χ0n) is 12.2. The van der Waals surface area contributed by atoms with E-state index in [1.165, 1.54) is 38.5 Å². The molecule has 0 aromatic heterocycles. The summed E-state index contributed by atoms with van der Waals surface area (Å²) in [6.45, 7) is 11.2. The Balaban J connectivity index is 2.41. The van der Waals surface area contributed by atoms with E-state index in [9.17, 15) is 0 Å². The largest absolute Gasteiger partial charge is 0.374 e. The molecule has 0 amide bonds. The zero-order valence-corrected chi connectivity index (χ0v) is 12.2. The third-order valence-electron chi connectivity index (χ3n) is 3.90. The highest BCUT2D eigenvalue weighted by atomic mass is 16.5. The summed E-state index contributed by atoms with van der Waals surface area (Å²) in [7, 11) is 0. The van der Waals surface area contributed by atoms with E-state index in [0.29, 0.717) is 6.04 Å². The lowest BCUT2D eigenvalue weighted by Crippen LogP contribution is -2.48. The van der Waals surface area contributed by atoms with Gasteiger partial charge in [0.15, 0.2) is 0 Å².